The van der Waals surface area contributed by atoms with Crippen LogP contribution >= 0.6 is 22.9 Å². The highest BCUT2D eigenvalue weighted by atomic mass is 35.5. The summed E-state index contributed by atoms with van der Waals surface area (Å²) in [4.78, 5) is 17.6. The summed E-state index contributed by atoms with van der Waals surface area (Å²) in [6, 6.07) is 6.31. The van der Waals surface area contributed by atoms with Crippen LogP contribution in [-0.4, -0.2) is 15.2 Å². The first-order chi connectivity index (χ1) is 12.1. The predicted molar refractivity (Wildman–Crippen MR) is 96.7 cm³/mol. The summed E-state index contributed by atoms with van der Waals surface area (Å²) in [5, 5.41) is 10.3. The molecular weight excluding hydrogens is 363 g/mol. The van der Waals surface area contributed by atoms with E-state index in [1.165, 1.54) is 23.2 Å². The molecule has 0 saturated carbocycles. The summed E-state index contributed by atoms with van der Waals surface area (Å²) in [5.74, 6) is -0.263. The van der Waals surface area contributed by atoms with Gasteiger partial charge in [-0.15, -0.1) is 11.3 Å². The van der Waals surface area contributed by atoms with Crippen molar-refractivity contribution in [2.45, 2.75) is 25.3 Å². The van der Waals surface area contributed by atoms with Crippen LogP contribution in [0.5, 0.6) is 0 Å². The number of nitrogens with zero attached hydrogens (tertiary/aromatic N) is 2. The number of aryl methyl sites for hydroxylation is 1. The van der Waals surface area contributed by atoms with E-state index in [9.17, 15) is 9.18 Å². The molecule has 0 amide bonds. The maximum absolute atomic E-state index is 13.1. The van der Waals surface area contributed by atoms with Crippen molar-refractivity contribution in [2.24, 2.45) is 0 Å². The van der Waals surface area contributed by atoms with Gasteiger partial charge in [0, 0.05) is 10.4 Å². The summed E-state index contributed by atoms with van der Waals surface area (Å²) in [6.07, 6.45) is 4.38. The Morgan fingerprint density at radius 1 is 1.32 bits per heavy atom. The lowest BCUT2D eigenvalue weighted by atomic mass is 9.97. The third-order valence-electron chi connectivity index (χ3n) is 4.17. The number of rotatable bonds is 3. The number of anilines is 1. The Hall–Kier alpha value is -2.25. The van der Waals surface area contributed by atoms with Crippen molar-refractivity contribution in [1.82, 2.24) is 15.2 Å². The topological polar surface area (TPSA) is 70.7 Å². The van der Waals surface area contributed by atoms with Crippen LogP contribution < -0.4 is 10.9 Å². The van der Waals surface area contributed by atoms with E-state index >= 15 is 0 Å². The number of hydrogen-bond donors (Lipinski definition) is 2. The lowest BCUT2D eigenvalue weighted by Crippen LogP contribution is -2.19. The predicted octanol–water partition coefficient (Wildman–Crippen LogP) is 4.18. The Bertz CT molecular complexity index is 970. The lowest BCUT2D eigenvalue weighted by Gasteiger charge is -2.23. The van der Waals surface area contributed by atoms with E-state index < -0.39 is 5.56 Å². The summed E-state index contributed by atoms with van der Waals surface area (Å²) in [5.41, 5.74) is 1.94. The van der Waals surface area contributed by atoms with Crippen molar-refractivity contribution in [1.29, 1.82) is 0 Å². The van der Waals surface area contributed by atoms with Gasteiger partial charge in [0.1, 0.15) is 15.8 Å². The quantitative estimate of drug-likeness (QED) is 0.719. The molecule has 8 heteroatoms. The zero-order valence-corrected chi connectivity index (χ0v) is 14.6. The standard InChI is InChI=1S/C17H14ClFN4OS/c18-14-12(8-20-23-16(14)24)21-11-2-1-3-13-15(11)22-17(25-13)9-4-6-10(19)7-5-9/h4-8,11H,1-3H2,(H2,21,23,24). The first-order valence-corrected chi connectivity index (χ1v) is 9.06. The summed E-state index contributed by atoms with van der Waals surface area (Å²) in [7, 11) is 0. The number of halogens is 2. The van der Waals surface area contributed by atoms with Crippen molar-refractivity contribution in [3.8, 4) is 10.6 Å². The smallest absolute Gasteiger partial charge is 0.285 e. The molecule has 2 heterocycles. The number of fused-ring (bicyclic) bond motifs is 1. The molecule has 0 saturated heterocycles. The van der Waals surface area contributed by atoms with E-state index in [1.54, 1.807) is 23.5 Å². The molecule has 0 bridgehead atoms. The van der Waals surface area contributed by atoms with Crippen molar-refractivity contribution in [2.75, 3.05) is 5.32 Å². The van der Waals surface area contributed by atoms with Gasteiger partial charge in [0.25, 0.3) is 5.56 Å². The van der Waals surface area contributed by atoms with Gasteiger partial charge in [-0.25, -0.2) is 14.5 Å². The minimum absolute atomic E-state index is 0.0321. The number of H-pyrrole nitrogens is 1. The van der Waals surface area contributed by atoms with Crippen LogP contribution in [0.15, 0.2) is 35.3 Å². The number of nitrogens with one attached hydrogen (secondary N) is 2. The van der Waals surface area contributed by atoms with Gasteiger partial charge >= 0.3 is 0 Å². The van der Waals surface area contributed by atoms with E-state index in [4.69, 9.17) is 16.6 Å². The fourth-order valence-electron chi connectivity index (χ4n) is 2.95. The molecule has 1 aliphatic carbocycles. The average Bonchev–Trinajstić information content (AvgIpc) is 3.05. The highest BCUT2D eigenvalue weighted by Gasteiger charge is 2.26. The summed E-state index contributed by atoms with van der Waals surface area (Å²) in [6.45, 7) is 0. The second-order valence-corrected chi connectivity index (χ2v) is 7.31. The third-order valence-corrected chi connectivity index (χ3v) is 5.73. The Balaban J connectivity index is 1.67. The zero-order chi connectivity index (χ0) is 17.4. The Kier molecular flexibility index (Phi) is 4.27. The van der Waals surface area contributed by atoms with Gasteiger partial charge in [0.05, 0.1) is 23.6 Å². The molecular formula is C17H14ClFN4OS. The summed E-state index contributed by atoms with van der Waals surface area (Å²) >= 11 is 7.68. The van der Waals surface area contributed by atoms with Crippen molar-refractivity contribution in [3.63, 3.8) is 0 Å². The number of thiazole rings is 1. The van der Waals surface area contributed by atoms with E-state index in [2.05, 4.69) is 15.5 Å². The number of hydrogen-bond acceptors (Lipinski definition) is 5. The normalized spacial score (nSPS) is 16.5. The maximum atomic E-state index is 13.1. The second kappa shape index (κ2) is 6.57. The van der Waals surface area contributed by atoms with Crippen LogP contribution in [0.4, 0.5) is 10.1 Å². The molecule has 25 heavy (non-hydrogen) atoms. The molecule has 2 aromatic heterocycles. The molecule has 2 N–H and O–H groups in total. The van der Waals surface area contributed by atoms with E-state index in [0.717, 1.165) is 35.5 Å². The lowest BCUT2D eigenvalue weighted by molar-refractivity contribution is 0.594. The average molecular weight is 377 g/mol. The molecule has 3 aromatic rings. The Morgan fingerprint density at radius 3 is 2.92 bits per heavy atom. The Labute approximate surface area is 151 Å². The third kappa shape index (κ3) is 3.17. The maximum Gasteiger partial charge on any atom is 0.285 e. The van der Waals surface area contributed by atoms with Gasteiger partial charge in [-0.05, 0) is 43.5 Å². The molecule has 4 rings (SSSR count). The molecule has 1 aromatic carbocycles. The molecule has 0 spiro atoms. The van der Waals surface area contributed by atoms with Crippen molar-refractivity contribution < 1.29 is 4.39 Å². The minimum atomic E-state index is -0.423. The van der Waals surface area contributed by atoms with Gasteiger partial charge in [-0.1, -0.05) is 11.6 Å². The van der Waals surface area contributed by atoms with Gasteiger partial charge in [0.2, 0.25) is 0 Å². The van der Waals surface area contributed by atoms with E-state index in [-0.39, 0.29) is 16.9 Å². The molecule has 1 unspecified atom stereocenters. The van der Waals surface area contributed by atoms with Crippen LogP contribution in [0.1, 0.15) is 29.5 Å². The summed E-state index contributed by atoms with van der Waals surface area (Å²) < 4.78 is 13.1. The Morgan fingerprint density at radius 2 is 2.12 bits per heavy atom. The largest absolute Gasteiger partial charge is 0.374 e. The highest BCUT2D eigenvalue weighted by Crippen LogP contribution is 2.39. The SMILES string of the molecule is O=c1[nH]ncc(NC2CCCc3sc(-c4ccc(F)cc4)nc32)c1Cl. The van der Waals surface area contributed by atoms with Crippen LogP contribution in [0, 0.1) is 5.82 Å². The first-order valence-electron chi connectivity index (χ1n) is 7.87. The molecule has 128 valence electrons. The van der Waals surface area contributed by atoms with Gasteiger partial charge in [-0.3, -0.25) is 4.79 Å². The first kappa shape index (κ1) is 16.2. The monoisotopic (exact) mass is 376 g/mol. The van der Waals surface area contributed by atoms with Crippen LogP contribution in [-0.2, 0) is 6.42 Å². The van der Waals surface area contributed by atoms with E-state index in [0.29, 0.717) is 5.69 Å². The molecule has 0 radical (unpaired) electrons. The van der Waals surface area contributed by atoms with Crippen molar-refractivity contribution in [3.05, 3.63) is 62.2 Å². The van der Waals surface area contributed by atoms with Gasteiger partial charge < -0.3 is 5.32 Å². The fourth-order valence-corrected chi connectivity index (χ4v) is 4.26. The highest BCUT2D eigenvalue weighted by molar-refractivity contribution is 7.15. The molecule has 1 aliphatic rings. The molecule has 0 aliphatic heterocycles. The van der Waals surface area contributed by atoms with Crippen molar-refractivity contribution >= 4 is 28.6 Å². The van der Waals surface area contributed by atoms with Gasteiger partial charge in [-0.2, -0.15) is 5.10 Å². The van der Waals surface area contributed by atoms with Crippen LogP contribution in [0.25, 0.3) is 10.6 Å². The minimum Gasteiger partial charge on any atom is -0.374 e. The number of aromatic amines is 1. The number of benzene rings is 1. The van der Waals surface area contributed by atoms with E-state index in [1.807, 2.05) is 0 Å². The van der Waals surface area contributed by atoms with Crippen LogP contribution in [0.3, 0.4) is 0 Å². The zero-order valence-electron chi connectivity index (χ0n) is 13.1. The molecule has 1 atom stereocenters. The molecule has 5 nitrogen and oxygen atoms in total. The second-order valence-electron chi connectivity index (χ2n) is 5.85. The fraction of sp³-hybridized carbons (Fsp3) is 0.235. The van der Waals surface area contributed by atoms with Crippen LogP contribution in [0.2, 0.25) is 5.02 Å². The molecule has 0 fully saturated rings. The number of aromatic nitrogens is 3. The van der Waals surface area contributed by atoms with Gasteiger partial charge in [0.15, 0.2) is 0 Å².